The van der Waals surface area contributed by atoms with Crippen LogP contribution >= 0.6 is 11.8 Å². The molecule has 2 amide bonds. The van der Waals surface area contributed by atoms with Crippen LogP contribution in [0.1, 0.15) is 11.6 Å². The number of amides is 2. The summed E-state index contributed by atoms with van der Waals surface area (Å²) in [6, 6.07) is 7.81. The third kappa shape index (κ3) is 2.19. The van der Waals surface area contributed by atoms with Crippen molar-refractivity contribution in [2.24, 2.45) is 0 Å². The van der Waals surface area contributed by atoms with Gasteiger partial charge in [-0.25, -0.2) is 0 Å². The van der Waals surface area contributed by atoms with E-state index in [1.807, 2.05) is 30.5 Å². The maximum absolute atomic E-state index is 11.2. The van der Waals surface area contributed by atoms with E-state index >= 15 is 0 Å². The number of nitrogens with one attached hydrogen (secondary N) is 2. The van der Waals surface area contributed by atoms with Gasteiger partial charge in [-0.05, 0) is 24.0 Å². The van der Waals surface area contributed by atoms with Gasteiger partial charge in [-0.2, -0.15) is 0 Å². The van der Waals surface area contributed by atoms with E-state index in [1.165, 1.54) is 4.90 Å². The molecule has 1 aliphatic rings. The summed E-state index contributed by atoms with van der Waals surface area (Å²) in [6.07, 6.45) is 2.01. The van der Waals surface area contributed by atoms with Crippen molar-refractivity contribution >= 4 is 23.6 Å². The first-order valence-electron chi connectivity index (χ1n) is 4.93. The maximum Gasteiger partial charge on any atom is 0.309 e. The standard InChI is InChI=1S/C11H12N2O2S/c1-16-8-4-2-7(3-5-8)9-6-12-10(14)11(15)13-9/h2-5,9H,6H2,1H3,(H,12,14)(H,13,15). The van der Waals surface area contributed by atoms with Gasteiger partial charge in [0.05, 0.1) is 6.04 Å². The smallest absolute Gasteiger partial charge is 0.309 e. The molecule has 1 aromatic carbocycles. The zero-order valence-electron chi connectivity index (χ0n) is 8.82. The van der Waals surface area contributed by atoms with E-state index in [0.29, 0.717) is 6.54 Å². The molecule has 1 aliphatic heterocycles. The average Bonchev–Trinajstić information content (AvgIpc) is 2.33. The zero-order chi connectivity index (χ0) is 11.5. The summed E-state index contributed by atoms with van der Waals surface area (Å²) in [6.45, 7) is 0.448. The molecule has 1 unspecified atom stereocenters. The van der Waals surface area contributed by atoms with Crippen LogP contribution in [0.3, 0.4) is 0 Å². The molecular formula is C11H12N2O2S. The van der Waals surface area contributed by atoms with Gasteiger partial charge >= 0.3 is 11.8 Å². The number of carbonyl (C=O) groups is 2. The number of thioether (sulfide) groups is 1. The van der Waals surface area contributed by atoms with E-state index in [2.05, 4.69) is 10.6 Å². The Balaban J connectivity index is 2.12. The molecule has 0 bridgehead atoms. The maximum atomic E-state index is 11.2. The van der Waals surface area contributed by atoms with Crippen molar-refractivity contribution in [3.05, 3.63) is 29.8 Å². The van der Waals surface area contributed by atoms with Crippen LogP contribution in [0.5, 0.6) is 0 Å². The van der Waals surface area contributed by atoms with Crippen LogP contribution in [0.15, 0.2) is 29.2 Å². The van der Waals surface area contributed by atoms with Crippen LogP contribution in [-0.2, 0) is 9.59 Å². The lowest BCUT2D eigenvalue weighted by Gasteiger charge is -2.23. The molecule has 1 atom stereocenters. The fourth-order valence-corrected chi connectivity index (χ4v) is 2.00. The summed E-state index contributed by atoms with van der Waals surface area (Å²) < 4.78 is 0. The van der Waals surface area contributed by atoms with Crippen molar-refractivity contribution in [1.29, 1.82) is 0 Å². The van der Waals surface area contributed by atoms with Gasteiger partial charge in [-0.15, -0.1) is 11.8 Å². The Hall–Kier alpha value is -1.49. The van der Waals surface area contributed by atoms with Crippen LogP contribution in [0.25, 0.3) is 0 Å². The van der Waals surface area contributed by atoms with E-state index in [0.717, 1.165) is 5.56 Å². The summed E-state index contributed by atoms with van der Waals surface area (Å²) in [5.74, 6) is -1.12. The second-order valence-corrected chi connectivity index (χ2v) is 4.39. The van der Waals surface area contributed by atoms with Crippen LogP contribution in [0.2, 0.25) is 0 Å². The zero-order valence-corrected chi connectivity index (χ0v) is 9.64. The Bertz CT molecular complexity index is 416. The minimum Gasteiger partial charge on any atom is -0.345 e. The van der Waals surface area contributed by atoms with Gasteiger partial charge in [0.25, 0.3) is 0 Å². The van der Waals surface area contributed by atoms with Crippen molar-refractivity contribution in [3.8, 4) is 0 Å². The third-order valence-corrected chi connectivity index (χ3v) is 3.24. The summed E-state index contributed by atoms with van der Waals surface area (Å²) in [4.78, 5) is 23.3. The average molecular weight is 236 g/mol. The topological polar surface area (TPSA) is 58.2 Å². The highest BCUT2D eigenvalue weighted by atomic mass is 32.2. The predicted octanol–water partition coefficient (Wildman–Crippen LogP) is 0.696. The Morgan fingerprint density at radius 3 is 2.44 bits per heavy atom. The Morgan fingerprint density at radius 1 is 1.19 bits per heavy atom. The lowest BCUT2D eigenvalue weighted by Crippen LogP contribution is -2.51. The largest absolute Gasteiger partial charge is 0.345 e. The molecule has 1 aromatic rings. The molecule has 2 N–H and O–H groups in total. The molecule has 1 heterocycles. The molecule has 0 aliphatic carbocycles. The molecule has 84 valence electrons. The molecule has 0 saturated carbocycles. The first-order valence-corrected chi connectivity index (χ1v) is 6.16. The van der Waals surface area contributed by atoms with Crippen LogP contribution < -0.4 is 10.6 Å². The number of carbonyl (C=O) groups excluding carboxylic acids is 2. The summed E-state index contributed by atoms with van der Waals surface area (Å²) in [5.41, 5.74) is 1.01. The van der Waals surface area contributed by atoms with E-state index in [-0.39, 0.29) is 6.04 Å². The van der Waals surface area contributed by atoms with Crippen molar-refractivity contribution in [2.75, 3.05) is 12.8 Å². The fraction of sp³-hybridized carbons (Fsp3) is 0.273. The van der Waals surface area contributed by atoms with Gasteiger partial charge < -0.3 is 10.6 Å². The SMILES string of the molecule is CSc1ccc(C2CNC(=O)C(=O)N2)cc1. The van der Waals surface area contributed by atoms with Gasteiger partial charge in [-0.1, -0.05) is 12.1 Å². The Kier molecular flexibility index (Phi) is 3.14. The van der Waals surface area contributed by atoms with Crippen LogP contribution in [-0.4, -0.2) is 24.6 Å². The molecule has 0 spiro atoms. The molecule has 5 heteroatoms. The lowest BCUT2D eigenvalue weighted by atomic mass is 10.1. The van der Waals surface area contributed by atoms with Crippen molar-refractivity contribution in [2.45, 2.75) is 10.9 Å². The number of hydrogen-bond donors (Lipinski definition) is 2. The molecule has 2 rings (SSSR count). The quantitative estimate of drug-likeness (QED) is 0.587. The van der Waals surface area contributed by atoms with Gasteiger partial charge in [0.2, 0.25) is 0 Å². The highest BCUT2D eigenvalue weighted by Crippen LogP contribution is 2.19. The van der Waals surface area contributed by atoms with Crippen molar-refractivity contribution < 1.29 is 9.59 Å². The van der Waals surface area contributed by atoms with Crippen LogP contribution in [0.4, 0.5) is 0 Å². The Labute approximate surface area is 97.8 Å². The highest BCUT2D eigenvalue weighted by Gasteiger charge is 2.25. The second-order valence-electron chi connectivity index (χ2n) is 3.51. The fourth-order valence-electron chi connectivity index (χ4n) is 1.59. The molecular weight excluding hydrogens is 224 g/mol. The van der Waals surface area contributed by atoms with Gasteiger partial charge in [0, 0.05) is 11.4 Å². The molecule has 0 radical (unpaired) electrons. The molecule has 16 heavy (non-hydrogen) atoms. The lowest BCUT2D eigenvalue weighted by molar-refractivity contribution is -0.141. The first-order chi connectivity index (χ1) is 7.70. The number of rotatable bonds is 2. The van der Waals surface area contributed by atoms with E-state index in [4.69, 9.17) is 0 Å². The normalized spacial score (nSPS) is 20.2. The van der Waals surface area contributed by atoms with Crippen molar-refractivity contribution in [3.63, 3.8) is 0 Å². The van der Waals surface area contributed by atoms with Crippen molar-refractivity contribution in [1.82, 2.24) is 10.6 Å². The molecule has 1 fully saturated rings. The minimum absolute atomic E-state index is 0.124. The number of piperazine rings is 1. The van der Waals surface area contributed by atoms with Crippen LogP contribution in [0, 0.1) is 0 Å². The van der Waals surface area contributed by atoms with E-state index in [9.17, 15) is 9.59 Å². The van der Waals surface area contributed by atoms with Gasteiger partial charge in [0.1, 0.15) is 0 Å². The number of hydrogen-bond acceptors (Lipinski definition) is 3. The summed E-state index contributed by atoms with van der Waals surface area (Å²) >= 11 is 1.67. The number of benzene rings is 1. The molecule has 4 nitrogen and oxygen atoms in total. The predicted molar refractivity (Wildman–Crippen MR) is 62.1 cm³/mol. The Morgan fingerprint density at radius 2 is 1.88 bits per heavy atom. The molecule has 1 saturated heterocycles. The van der Waals surface area contributed by atoms with Gasteiger partial charge in [-0.3, -0.25) is 9.59 Å². The first kappa shape index (κ1) is 11.0. The van der Waals surface area contributed by atoms with E-state index < -0.39 is 11.8 Å². The third-order valence-electron chi connectivity index (χ3n) is 2.50. The second kappa shape index (κ2) is 4.57. The summed E-state index contributed by atoms with van der Waals surface area (Å²) in [5, 5.41) is 5.21. The highest BCUT2D eigenvalue weighted by molar-refractivity contribution is 7.98. The monoisotopic (exact) mass is 236 g/mol. The minimum atomic E-state index is -0.565. The molecule has 0 aromatic heterocycles. The van der Waals surface area contributed by atoms with Gasteiger partial charge in [0.15, 0.2) is 0 Å². The summed E-state index contributed by atoms with van der Waals surface area (Å²) in [7, 11) is 0. The van der Waals surface area contributed by atoms with E-state index in [1.54, 1.807) is 11.8 Å².